The van der Waals surface area contributed by atoms with Gasteiger partial charge in [0.25, 0.3) is 5.91 Å². The maximum absolute atomic E-state index is 12.7. The van der Waals surface area contributed by atoms with E-state index in [9.17, 15) is 14.7 Å². The van der Waals surface area contributed by atoms with Crippen LogP contribution < -0.4 is 9.47 Å². The van der Waals surface area contributed by atoms with Crippen LogP contribution in [-0.2, 0) is 6.61 Å². The van der Waals surface area contributed by atoms with Crippen LogP contribution in [0, 0.1) is 6.92 Å². The third-order valence-electron chi connectivity index (χ3n) is 6.23. The molecule has 0 aliphatic carbocycles. The highest BCUT2D eigenvalue weighted by molar-refractivity contribution is 5.94. The Kier molecular flexibility index (Phi) is 8.00. The van der Waals surface area contributed by atoms with Crippen LogP contribution in [0.1, 0.15) is 56.7 Å². The molecule has 0 unspecified atom stereocenters. The number of ether oxygens (including phenoxy) is 2. The highest BCUT2D eigenvalue weighted by Gasteiger charge is 2.18. The van der Waals surface area contributed by atoms with Crippen LogP contribution >= 0.6 is 0 Å². The first-order chi connectivity index (χ1) is 17.4. The largest absolute Gasteiger partial charge is 0.493 e. The second-order valence-corrected chi connectivity index (χ2v) is 8.81. The Bertz CT molecular complexity index is 1260. The van der Waals surface area contributed by atoms with Crippen molar-refractivity contribution in [3.05, 3.63) is 88.5 Å². The first-order valence-electron chi connectivity index (χ1n) is 12.0. The number of aryl methyl sites for hydroxylation is 1. The van der Waals surface area contributed by atoms with Crippen LogP contribution in [0.2, 0.25) is 0 Å². The number of piperidine rings is 1. The van der Waals surface area contributed by atoms with Gasteiger partial charge in [-0.3, -0.25) is 9.79 Å². The molecule has 0 radical (unpaired) electrons. The average molecular weight is 487 g/mol. The molecule has 1 amide bonds. The fraction of sp³-hybridized carbons (Fsp3) is 0.276. The summed E-state index contributed by atoms with van der Waals surface area (Å²) in [6, 6.07) is 17.9. The van der Waals surface area contributed by atoms with Gasteiger partial charge in [-0.1, -0.05) is 18.2 Å². The van der Waals surface area contributed by atoms with E-state index in [0.717, 1.165) is 42.6 Å². The fourth-order valence-corrected chi connectivity index (χ4v) is 4.09. The summed E-state index contributed by atoms with van der Waals surface area (Å²) < 4.78 is 11.5. The molecule has 7 heteroatoms. The number of aliphatic imine (C=N–C) groups is 1. The third kappa shape index (κ3) is 6.10. The highest BCUT2D eigenvalue weighted by atomic mass is 16.5. The van der Waals surface area contributed by atoms with Crippen LogP contribution in [0.15, 0.2) is 65.7 Å². The molecule has 4 rings (SSSR count). The maximum atomic E-state index is 12.7. The highest BCUT2D eigenvalue weighted by Crippen LogP contribution is 2.29. The van der Waals surface area contributed by atoms with E-state index in [4.69, 9.17) is 9.47 Å². The maximum Gasteiger partial charge on any atom is 0.335 e. The van der Waals surface area contributed by atoms with Gasteiger partial charge in [0.05, 0.1) is 18.4 Å². The van der Waals surface area contributed by atoms with Crippen molar-refractivity contribution in [2.75, 3.05) is 20.2 Å². The topological polar surface area (TPSA) is 88.4 Å². The first kappa shape index (κ1) is 25.0. The van der Waals surface area contributed by atoms with Crippen molar-refractivity contribution in [2.45, 2.75) is 32.8 Å². The molecule has 3 aromatic rings. The van der Waals surface area contributed by atoms with Crippen molar-refractivity contribution >= 4 is 23.8 Å². The van der Waals surface area contributed by atoms with E-state index in [0.29, 0.717) is 29.4 Å². The molecule has 36 heavy (non-hydrogen) atoms. The van der Waals surface area contributed by atoms with Gasteiger partial charge in [-0.2, -0.15) is 0 Å². The van der Waals surface area contributed by atoms with Crippen molar-refractivity contribution in [1.29, 1.82) is 0 Å². The SMILES string of the molecule is COc1cc(C=Nc2cc(C(=O)O)ccc2C)ccc1OCc1ccc(C(=O)N2CCCCC2)cc1. The Morgan fingerprint density at radius 3 is 2.36 bits per heavy atom. The molecule has 0 spiro atoms. The Morgan fingerprint density at radius 1 is 0.944 bits per heavy atom. The number of carboxylic acids is 1. The van der Waals surface area contributed by atoms with E-state index in [1.165, 1.54) is 6.42 Å². The van der Waals surface area contributed by atoms with E-state index in [1.807, 2.05) is 54.3 Å². The number of rotatable bonds is 8. The summed E-state index contributed by atoms with van der Waals surface area (Å²) >= 11 is 0. The van der Waals surface area contributed by atoms with Crippen molar-refractivity contribution in [3.8, 4) is 11.5 Å². The molecule has 3 aromatic carbocycles. The van der Waals surface area contributed by atoms with Gasteiger partial charge in [0.15, 0.2) is 11.5 Å². The lowest BCUT2D eigenvalue weighted by Crippen LogP contribution is -2.35. The lowest BCUT2D eigenvalue weighted by molar-refractivity contribution is 0.0694. The number of hydrogen-bond acceptors (Lipinski definition) is 5. The molecule has 1 N–H and O–H groups in total. The van der Waals surface area contributed by atoms with Gasteiger partial charge in [0.2, 0.25) is 0 Å². The molecule has 186 valence electrons. The minimum absolute atomic E-state index is 0.0889. The normalized spacial score (nSPS) is 13.6. The van der Waals surface area contributed by atoms with Crippen molar-refractivity contribution in [3.63, 3.8) is 0 Å². The molecule has 1 heterocycles. The number of likely N-dealkylation sites (tertiary alicyclic amines) is 1. The summed E-state index contributed by atoms with van der Waals surface area (Å²) in [6.07, 6.45) is 5.00. The van der Waals surface area contributed by atoms with E-state index in [1.54, 1.807) is 31.5 Å². The number of nitrogens with zero attached hydrogens (tertiary/aromatic N) is 2. The number of carboxylic acid groups (broad SMARTS) is 1. The van der Waals surface area contributed by atoms with Gasteiger partial charge < -0.3 is 19.5 Å². The Morgan fingerprint density at radius 2 is 1.67 bits per heavy atom. The Balaban J connectivity index is 1.40. The molecule has 1 aliphatic heterocycles. The molecule has 1 saturated heterocycles. The predicted molar refractivity (Wildman–Crippen MR) is 139 cm³/mol. The van der Waals surface area contributed by atoms with E-state index in [2.05, 4.69) is 4.99 Å². The minimum Gasteiger partial charge on any atom is -0.493 e. The number of aromatic carboxylic acids is 1. The molecule has 0 atom stereocenters. The van der Waals surface area contributed by atoms with Gasteiger partial charge in [0, 0.05) is 24.9 Å². The number of hydrogen-bond donors (Lipinski definition) is 1. The molecule has 7 nitrogen and oxygen atoms in total. The zero-order chi connectivity index (χ0) is 25.5. The third-order valence-corrected chi connectivity index (χ3v) is 6.23. The van der Waals surface area contributed by atoms with E-state index >= 15 is 0 Å². The molecule has 0 saturated carbocycles. The zero-order valence-electron chi connectivity index (χ0n) is 20.6. The molecule has 1 fully saturated rings. The molecular formula is C29H30N2O5. The quantitative estimate of drug-likeness (QED) is 0.415. The summed E-state index contributed by atoms with van der Waals surface area (Å²) in [5, 5.41) is 9.21. The Hall–Kier alpha value is -4.13. The second kappa shape index (κ2) is 11.5. The standard InChI is InChI=1S/C29H30N2O5/c1-20-6-10-24(29(33)34)17-25(20)30-18-22-9-13-26(27(16-22)35-2)36-19-21-7-11-23(12-8-21)28(32)31-14-4-3-5-15-31/h6-13,16-18H,3-5,14-15,19H2,1-2H3,(H,33,34). The summed E-state index contributed by atoms with van der Waals surface area (Å²) in [6.45, 7) is 3.88. The van der Waals surface area contributed by atoms with Crippen molar-refractivity contribution < 1.29 is 24.2 Å². The van der Waals surface area contributed by atoms with Crippen LogP contribution in [0.25, 0.3) is 0 Å². The molecule has 0 aromatic heterocycles. The summed E-state index contributed by atoms with van der Waals surface area (Å²) in [7, 11) is 1.57. The van der Waals surface area contributed by atoms with Gasteiger partial charge in [0.1, 0.15) is 6.61 Å². The Labute approximate surface area is 211 Å². The number of carbonyl (C=O) groups excluding carboxylic acids is 1. The van der Waals surface area contributed by atoms with Crippen LogP contribution in [-0.4, -0.2) is 48.3 Å². The van der Waals surface area contributed by atoms with Gasteiger partial charge >= 0.3 is 5.97 Å². The predicted octanol–water partition coefficient (Wildman–Crippen LogP) is 5.66. The van der Waals surface area contributed by atoms with E-state index < -0.39 is 5.97 Å². The number of carbonyl (C=O) groups is 2. The minimum atomic E-state index is -0.988. The molecular weight excluding hydrogens is 456 g/mol. The smallest absolute Gasteiger partial charge is 0.335 e. The monoisotopic (exact) mass is 486 g/mol. The zero-order valence-corrected chi connectivity index (χ0v) is 20.6. The summed E-state index contributed by atoms with van der Waals surface area (Å²) in [5.74, 6) is 0.253. The van der Waals surface area contributed by atoms with Gasteiger partial charge in [-0.15, -0.1) is 0 Å². The van der Waals surface area contributed by atoms with Crippen LogP contribution in [0.3, 0.4) is 0 Å². The molecule has 1 aliphatic rings. The van der Waals surface area contributed by atoms with Crippen molar-refractivity contribution in [1.82, 2.24) is 4.90 Å². The molecule has 0 bridgehead atoms. The summed E-state index contributed by atoms with van der Waals surface area (Å²) in [4.78, 5) is 30.3. The number of benzene rings is 3. The number of methoxy groups -OCH3 is 1. The second-order valence-electron chi connectivity index (χ2n) is 8.81. The van der Waals surface area contributed by atoms with Crippen molar-refractivity contribution in [2.24, 2.45) is 4.99 Å². The lowest BCUT2D eigenvalue weighted by Gasteiger charge is -2.26. The van der Waals surface area contributed by atoms with E-state index in [-0.39, 0.29) is 11.5 Å². The number of amides is 1. The van der Waals surface area contributed by atoms with Crippen LogP contribution in [0.4, 0.5) is 5.69 Å². The average Bonchev–Trinajstić information content (AvgIpc) is 2.91. The van der Waals surface area contributed by atoms with Crippen LogP contribution in [0.5, 0.6) is 11.5 Å². The first-order valence-corrected chi connectivity index (χ1v) is 12.0. The van der Waals surface area contributed by atoms with Gasteiger partial charge in [-0.05, 0) is 85.3 Å². The lowest BCUT2D eigenvalue weighted by atomic mass is 10.1. The fourth-order valence-electron chi connectivity index (χ4n) is 4.09. The summed E-state index contributed by atoms with van der Waals surface area (Å²) in [5.41, 5.74) is 4.11. The van der Waals surface area contributed by atoms with Gasteiger partial charge in [-0.25, -0.2) is 4.79 Å².